The van der Waals surface area contributed by atoms with E-state index >= 15 is 0 Å². The number of esters is 1. The minimum Gasteiger partial charge on any atom is -0.469 e. The smallest absolute Gasteiger partial charge is 0.313 e. The summed E-state index contributed by atoms with van der Waals surface area (Å²) in [4.78, 5) is 17.6. The van der Waals surface area contributed by atoms with Crippen LogP contribution in [0.15, 0.2) is 5.51 Å². The van der Waals surface area contributed by atoms with E-state index in [9.17, 15) is 4.79 Å². The van der Waals surface area contributed by atoms with Gasteiger partial charge < -0.3 is 10.5 Å². The lowest BCUT2D eigenvalue weighted by Gasteiger charge is -2.29. The van der Waals surface area contributed by atoms with Gasteiger partial charge in [0.25, 0.3) is 0 Å². The summed E-state index contributed by atoms with van der Waals surface area (Å²) in [6.07, 6.45) is 3.81. The fourth-order valence-corrected chi connectivity index (χ4v) is 3.35. The number of thiazole rings is 1. The largest absolute Gasteiger partial charge is 0.469 e. The Morgan fingerprint density at radius 1 is 1.67 bits per heavy atom. The van der Waals surface area contributed by atoms with E-state index in [2.05, 4.69) is 4.98 Å². The first-order valence-electron chi connectivity index (χ1n) is 6.31. The normalized spacial score (nSPS) is 18.4. The van der Waals surface area contributed by atoms with Crippen molar-refractivity contribution >= 4 is 17.3 Å². The van der Waals surface area contributed by atoms with Gasteiger partial charge in [-0.25, -0.2) is 4.98 Å². The first-order chi connectivity index (χ1) is 8.64. The summed E-state index contributed by atoms with van der Waals surface area (Å²) in [5.74, 6) is 0.262. The van der Waals surface area contributed by atoms with E-state index in [4.69, 9.17) is 10.5 Å². The van der Waals surface area contributed by atoms with Crippen LogP contribution in [0.25, 0.3) is 0 Å². The first-order valence-corrected chi connectivity index (χ1v) is 7.19. The lowest BCUT2D eigenvalue weighted by Crippen LogP contribution is -2.42. The molecule has 1 aliphatic rings. The zero-order valence-electron chi connectivity index (χ0n) is 10.9. The molecule has 1 aromatic heterocycles. The van der Waals surface area contributed by atoms with Crippen LogP contribution in [0.1, 0.15) is 29.8 Å². The molecule has 0 radical (unpaired) electrons. The number of methoxy groups -OCH3 is 1. The molecule has 0 aliphatic heterocycles. The molecule has 100 valence electrons. The van der Waals surface area contributed by atoms with E-state index in [1.54, 1.807) is 11.3 Å². The Hall–Kier alpha value is -0.940. The molecule has 1 atom stereocenters. The molecule has 0 aromatic carbocycles. The molecular formula is C13H20N2O2S. The van der Waals surface area contributed by atoms with Crippen LogP contribution in [-0.2, 0) is 16.0 Å². The second-order valence-electron chi connectivity index (χ2n) is 4.99. The molecule has 1 saturated carbocycles. The van der Waals surface area contributed by atoms with Gasteiger partial charge in [-0.2, -0.15) is 0 Å². The van der Waals surface area contributed by atoms with E-state index in [0.717, 1.165) is 31.4 Å². The Balaban J connectivity index is 2.10. The third-order valence-corrected chi connectivity index (χ3v) is 4.95. The predicted molar refractivity (Wildman–Crippen MR) is 71.4 cm³/mol. The van der Waals surface area contributed by atoms with E-state index in [1.807, 2.05) is 12.4 Å². The maximum absolute atomic E-state index is 12.1. The van der Waals surface area contributed by atoms with Crippen LogP contribution in [0.4, 0.5) is 0 Å². The Morgan fingerprint density at radius 2 is 2.39 bits per heavy atom. The molecular weight excluding hydrogens is 248 g/mol. The van der Waals surface area contributed by atoms with Crippen molar-refractivity contribution in [2.45, 2.75) is 32.6 Å². The molecule has 1 fully saturated rings. The number of aryl methyl sites for hydroxylation is 2. The number of nitrogens with zero attached hydrogens (tertiary/aromatic N) is 1. The quantitative estimate of drug-likeness (QED) is 0.800. The third kappa shape index (κ3) is 2.42. The van der Waals surface area contributed by atoms with Gasteiger partial charge in [0.15, 0.2) is 0 Å². The van der Waals surface area contributed by atoms with Crippen LogP contribution < -0.4 is 5.73 Å². The number of aromatic nitrogens is 1. The summed E-state index contributed by atoms with van der Waals surface area (Å²) < 4.78 is 4.98. The van der Waals surface area contributed by atoms with E-state index in [0.29, 0.717) is 12.5 Å². The molecule has 1 unspecified atom stereocenters. The van der Waals surface area contributed by atoms with Crippen molar-refractivity contribution in [3.8, 4) is 0 Å². The van der Waals surface area contributed by atoms with Crippen LogP contribution in [0, 0.1) is 18.3 Å². The number of hydrogen-bond acceptors (Lipinski definition) is 5. The molecule has 4 nitrogen and oxygen atoms in total. The van der Waals surface area contributed by atoms with Crippen LogP contribution in [0.3, 0.4) is 0 Å². The van der Waals surface area contributed by atoms with Crippen molar-refractivity contribution in [2.24, 2.45) is 17.1 Å². The summed E-state index contributed by atoms with van der Waals surface area (Å²) in [5, 5.41) is 0. The van der Waals surface area contributed by atoms with Crippen molar-refractivity contribution in [1.82, 2.24) is 4.98 Å². The molecule has 2 N–H and O–H groups in total. The number of hydrogen-bond donors (Lipinski definition) is 1. The molecule has 1 heterocycles. The van der Waals surface area contributed by atoms with Crippen LogP contribution in [-0.4, -0.2) is 24.6 Å². The lowest BCUT2D eigenvalue weighted by molar-refractivity contribution is -0.154. The monoisotopic (exact) mass is 268 g/mol. The van der Waals surface area contributed by atoms with Gasteiger partial charge in [0.1, 0.15) is 0 Å². The van der Waals surface area contributed by atoms with Gasteiger partial charge in [-0.15, -0.1) is 11.3 Å². The van der Waals surface area contributed by atoms with Gasteiger partial charge in [0.2, 0.25) is 0 Å². The zero-order valence-corrected chi connectivity index (χ0v) is 11.8. The number of rotatable bonds is 6. The first kappa shape index (κ1) is 13.5. The molecule has 5 heteroatoms. The number of carbonyl (C=O) groups is 1. The second-order valence-corrected chi connectivity index (χ2v) is 5.93. The fourth-order valence-electron chi connectivity index (χ4n) is 2.57. The van der Waals surface area contributed by atoms with Crippen molar-refractivity contribution in [3.63, 3.8) is 0 Å². The standard InChI is InChI=1S/C13H20N2O2S/c1-9-11(18-8-15-9)5-6-13(7-14,10-3-4-10)12(16)17-2/h8,10H,3-7,14H2,1-2H3. The Bertz CT molecular complexity index is 428. The maximum atomic E-state index is 12.1. The molecule has 0 spiro atoms. The average molecular weight is 268 g/mol. The summed E-state index contributed by atoms with van der Waals surface area (Å²) in [6, 6.07) is 0. The molecule has 18 heavy (non-hydrogen) atoms. The maximum Gasteiger partial charge on any atom is 0.313 e. The van der Waals surface area contributed by atoms with Crippen LogP contribution >= 0.6 is 11.3 Å². The summed E-state index contributed by atoms with van der Waals surface area (Å²) in [6.45, 7) is 2.38. The predicted octanol–water partition coefficient (Wildman–Crippen LogP) is 1.91. The van der Waals surface area contributed by atoms with Crippen LogP contribution in [0.2, 0.25) is 0 Å². The summed E-state index contributed by atoms with van der Waals surface area (Å²) in [5.41, 5.74) is 8.32. The molecule has 0 saturated heterocycles. The van der Waals surface area contributed by atoms with Crippen molar-refractivity contribution < 1.29 is 9.53 Å². The topological polar surface area (TPSA) is 65.2 Å². The third-order valence-electron chi connectivity index (χ3n) is 3.96. The lowest BCUT2D eigenvalue weighted by atomic mass is 9.78. The number of ether oxygens (including phenoxy) is 1. The van der Waals surface area contributed by atoms with Gasteiger partial charge in [0, 0.05) is 11.4 Å². The average Bonchev–Trinajstić information content (AvgIpc) is 3.15. The molecule has 0 amide bonds. The Morgan fingerprint density at radius 3 is 2.83 bits per heavy atom. The SMILES string of the molecule is COC(=O)C(CN)(CCc1scnc1C)C1CC1. The number of carbonyl (C=O) groups excluding carboxylic acids is 1. The highest BCUT2D eigenvalue weighted by atomic mass is 32.1. The highest BCUT2D eigenvalue weighted by Gasteiger charge is 2.50. The molecule has 2 rings (SSSR count). The highest BCUT2D eigenvalue weighted by molar-refractivity contribution is 7.09. The second kappa shape index (κ2) is 5.36. The van der Waals surface area contributed by atoms with Gasteiger partial charge in [-0.05, 0) is 38.5 Å². The fraction of sp³-hybridized carbons (Fsp3) is 0.692. The molecule has 1 aliphatic carbocycles. The van der Waals surface area contributed by atoms with E-state index in [-0.39, 0.29) is 5.97 Å². The van der Waals surface area contributed by atoms with Crippen LogP contribution in [0.5, 0.6) is 0 Å². The highest BCUT2D eigenvalue weighted by Crippen LogP contribution is 2.48. The van der Waals surface area contributed by atoms with Gasteiger partial charge in [-0.1, -0.05) is 0 Å². The zero-order chi connectivity index (χ0) is 13.2. The molecule has 0 bridgehead atoms. The van der Waals surface area contributed by atoms with Crippen molar-refractivity contribution in [2.75, 3.05) is 13.7 Å². The Kier molecular flexibility index (Phi) is 4.02. The minimum absolute atomic E-state index is 0.144. The van der Waals surface area contributed by atoms with Gasteiger partial charge in [0.05, 0.1) is 23.7 Å². The summed E-state index contributed by atoms with van der Waals surface area (Å²) in [7, 11) is 1.45. The van der Waals surface area contributed by atoms with E-state index in [1.165, 1.54) is 12.0 Å². The minimum atomic E-state index is -0.481. The Labute approximate surface area is 112 Å². The van der Waals surface area contributed by atoms with Crippen molar-refractivity contribution in [3.05, 3.63) is 16.1 Å². The van der Waals surface area contributed by atoms with E-state index < -0.39 is 5.41 Å². The summed E-state index contributed by atoms with van der Waals surface area (Å²) >= 11 is 1.65. The van der Waals surface area contributed by atoms with Gasteiger partial charge >= 0.3 is 5.97 Å². The molecule has 1 aromatic rings. The van der Waals surface area contributed by atoms with Gasteiger partial charge in [-0.3, -0.25) is 4.79 Å². The van der Waals surface area contributed by atoms with Crippen molar-refractivity contribution in [1.29, 1.82) is 0 Å². The number of nitrogens with two attached hydrogens (primary N) is 1.